The van der Waals surface area contributed by atoms with E-state index < -0.39 is 0 Å². The van der Waals surface area contributed by atoms with Crippen LogP contribution in [-0.4, -0.2) is 22.3 Å². The van der Waals surface area contributed by atoms with E-state index in [9.17, 15) is 0 Å². The van der Waals surface area contributed by atoms with Crippen molar-refractivity contribution < 1.29 is 4.42 Å². The molecule has 0 aliphatic carbocycles. The van der Waals surface area contributed by atoms with Gasteiger partial charge in [0.25, 0.3) is 0 Å². The number of aryl methyl sites for hydroxylation is 2. The summed E-state index contributed by atoms with van der Waals surface area (Å²) < 4.78 is 5.78. The monoisotopic (exact) mass is 273 g/mol. The number of hydrogen-bond donors (Lipinski definition) is 1. The lowest BCUT2D eigenvalue weighted by Gasteiger charge is -2.19. The highest BCUT2D eigenvalue weighted by molar-refractivity contribution is 5.62. The third kappa shape index (κ3) is 3.67. The van der Waals surface area contributed by atoms with E-state index in [1.807, 2.05) is 6.07 Å². The number of aromatic nitrogens is 2. The largest absolute Gasteiger partial charge is 0.421 e. The van der Waals surface area contributed by atoms with Crippen molar-refractivity contribution in [1.82, 2.24) is 15.5 Å². The predicted molar refractivity (Wildman–Crippen MR) is 80.7 cm³/mol. The van der Waals surface area contributed by atoms with Crippen LogP contribution in [0.15, 0.2) is 22.6 Å². The fourth-order valence-corrected chi connectivity index (χ4v) is 2.15. The van der Waals surface area contributed by atoms with Crippen LogP contribution in [0.3, 0.4) is 0 Å². The van der Waals surface area contributed by atoms with Gasteiger partial charge in [-0.1, -0.05) is 18.2 Å². The molecule has 0 amide bonds. The van der Waals surface area contributed by atoms with Gasteiger partial charge < -0.3 is 9.73 Å². The SMILES string of the molecule is Cc1cccc(C)c1-c1nnc(CCNC(C)(C)C)o1. The van der Waals surface area contributed by atoms with Gasteiger partial charge in [-0.25, -0.2) is 0 Å². The molecule has 0 saturated carbocycles. The highest BCUT2D eigenvalue weighted by atomic mass is 16.4. The molecular formula is C16H23N3O. The maximum atomic E-state index is 5.78. The first-order valence-corrected chi connectivity index (χ1v) is 7.01. The summed E-state index contributed by atoms with van der Waals surface area (Å²) in [5, 5.41) is 11.7. The van der Waals surface area contributed by atoms with Crippen LogP contribution in [0, 0.1) is 13.8 Å². The Hall–Kier alpha value is -1.68. The summed E-state index contributed by atoms with van der Waals surface area (Å²) >= 11 is 0. The highest BCUT2D eigenvalue weighted by Crippen LogP contribution is 2.25. The van der Waals surface area contributed by atoms with Gasteiger partial charge in [-0.15, -0.1) is 10.2 Å². The van der Waals surface area contributed by atoms with Crippen LogP contribution in [0.4, 0.5) is 0 Å². The van der Waals surface area contributed by atoms with Crippen LogP contribution in [0.5, 0.6) is 0 Å². The Morgan fingerprint density at radius 3 is 2.35 bits per heavy atom. The predicted octanol–water partition coefficient (Wildman–Crippen LogP) is 3.28. The molecule has 0 spiro atoms. The maximum absolute atomic E-state index is 5.78. The zero-order valence-corrected chi connectivity index (χ0v) is 12.9. The van der Waals surface area contributed by atoms with E-state index in [1.54, 1.807) is 0 Å². The normalized spacial score (nSPS) is 11.8. The first-order valence-electron chi connectivity index (χ1n) is 7.01. The van der Waals surface area contributed by atoms with Crippen LogP contribution in [0.25, 0.3) is 11.5 Å². The summed E-state index contributed by atoms with van der Waals surface area (Å²) in [7, 11) is 0. The molecule has 0 fully saturated rings. The molecule has 0 aliphatic heterocycles. The van der Waals surface area contributed by atoms with Crippen molar-refractivity contribution >= 4 is 0 Å². The molecule has 1 aromatic heterocycles. The Kier molecular flexibility index (Phi) is 4.23. The van der Waals surface area contributed by atoms with E-state index >= 15 is 0 Å². The number of benzene rings is 1. The standard InChI is InChI=1S/C16H23N3O/c1-11-7-6-8-12(2)14(11)15-19-18-13(20-15)9-10-17-16(3,4)5/h6-8,17H,9-10H2,1-5H3. The molecule has 0 unspecified atom stereocenters. The minimum absolute atomic E-state index is 0.107. The molecule has 0 bridgehead atoms. The van der Waals surface area contributed by atoms with Crippen molar-refractivity contribution in [3.05, 3.63) is 35.2 Å². The zero-order valence-electron chi connectivity index (χ0n) is 12.9. The first-order chi connectivity index (χ1) is 9.37. The number of nitrogens with one attached hydrogen (secondary N) is 1. The number of hydrogen-bond acceptors (Lipinski definition) is 4. The highest BCUT2D eigenvalue weighted by Gasteiger charge is 2.14. The van der Waals surface area contributed by atoms with Crippen LogP contribution in [0.1, 0.15) is 37.8 Å². The van der Waals surface area contributed by atoms with Gasteiger partial charge in [0.05, 0.1) is 0 Å². The van der Waals surface area contributed by atoms with Crippen molar-refractivity contribution in [2.75, 3.05) is 6.54 Å². The second kappa shape index (κ2) is 5.75. The molecule has 0 atom stereocenters. The summed E-state index contributed by atoms with van der Waals surface area (Å²) in [5.41, 5.74) is 3.48. The van der Waals surface area contributed by atoms with Crippen LogP contribution >= 0.6 is 0 Å². The Balaban J connectivity index is 2.09. The quantitative estimate of drug-likeness (QED) is 0.928. The van der Waals surface area contributed by atoms with E-state index in [4.69, 9.17) is 4.42 Å². The Bertz CT molecular complexity index is 561. The molecule has 4 nitrogen and oxygen atoms in total. The lowest BCUT2D eigenvalue weighted by atomic mass is 10.0. The van der Waals surface area contributed by atoms with Gasteiger partial charge in [0.15, 0.2) is 0 Å². The number of nitrogens with zero attached hydrogens (tertiary/aromatic N) is 2. The lowest BCUT2D eigenvalue weighted by Crippen LogP contribution is -2.37. The summed E-state index contributed by atoms with van der Waals surface area (Å²) in [5.74, 6) is 1.30. The van der Waals surface area contributed by atoms with Crippen molar-refractivity contribution in [3.8, 4) is 11.5 Å². The zero-order chi connectivity index (χ0) is 14.8. The molecule has 2 rings (SSSR count). The van der Waals surface area contributed by atoms with Crippen LogP contribution in [-0.2, 0) is 6.42 Å². The molecule has 0 saturated heterocycles. The fourth-order valence-electron chi connectivity index (χ4n) is 2.15. The van der Waals surface area contributed by atoms with Crippen molar-refractivity contribution in [2.24, 2.45) is 0 Å². The van der Waals surface area contributed by atoms with Gasteiger partial charge in [-0.05, 0) is 45.7 Å². The van der Waals surface area contributed by atoms with Crippen molar-refractivity contribution in [3.63, 3.8) is 0 Å². The van der Waals surface area contributed by atoms with Gasteiger partial charge in [0.1, 0.15) is 0 Å². The van der Waals surface area contributed by atoms with E-state index in [0.29, 0.717) is 11.8 Å². The van der Waals surface area contributed by atoms with E-state index in [0.717, 1.165) is 29.7 Å². The first kappa shape index (κ1) is 14.7. The smallest absolute Gasteiger partial charge is 0.248 e. The molecule has 1 N–H and O–H groups in total. The van der Waals surface area contributed by atoms with Crippen molar-refractivity contribution in [1.29, 1.82) is 0 Å². The molecule has 1 aromatic carbocycles. The molecule has 108 valence electrons. The molecule has 0 radical (unpaired) electrons. The summed E-state index contributed by atoms with van der Waals surface area (Å²) in [4.78, 5) is 0. The number of rotatable bonds is 4. The third-order valence-electron chi connectivity index (χ3n) is 3.16. The third-order valence-corrected chi connectivity index (χ3v) is 3.16. The Morgan fingerprint density at radius 1 is 1.10 bits per heavy atom. The molecule has 0 aliphatic rings. The molecule has 1 heterocycles. The van der Waals surface area contributed by atoms with Gasteiger partial charge in [0, 0.05) is 24.1 Å². The van der Waals surface area contributed by atoms with Crippen molar-refractivity contribution in [2.45, 2.75) is 46.6 Å². The van der Waals surface area contributed by atoms with Gasteiger partial charge >= 0.3 is 0 Å². The Morgan fingerprint density at radius 2 is 1.75 bits per heavy atom. The molecule has 20 heavy (non-hydrogen) atoms. The second-order valence-corrected chi connectivity index (χ2v) is 6.19. The fraction of sp³-hybridized carbons (Fsp3) is 0.500. The average Bonchev–Trinajstić information content (AvgIpc) is 2.75. The second-order valence-electron chi connectivity index (χ2n) is 6.19. The summed E-state index contributed by atoms with van der Waals surface area (Å²) in [6.45, 7) is 11.4. The van der Waals surface area contributed by atoms with E-state index in [1.165, 1.54) is 0 Å². The maximum Gasteiger partial charge on any atom is 0.248 e. The lowest BCUT2D eigenvalue weighted by molar-refractivity contribution is 0.411. The minimum atomic E-state index is 0.107. The average molecular weight is 273 g/mol. The van der Waals surface area contributed by atoms with E-state index in [2.05, 4.69) is 62.3 Å². The molecule has 2 aromatic rings. The minimum Gasteiger partial charge on any atom is -0.421 e. The van der Waals surface area contributed by atoms with Crippen LogP contribution < -0.4 is 5.32 Å². The summed E-state index contributed by atoms with van der Waals surface area (Å²) in [6, 6.07) is 6.17. The summed E-state index contributed by atoms with van der Waals surface area (Å²) in [6.07, 6.45) is 0.745. The van der Waals surface area contributed by atoms with Gasteiger partial charge in [-0.2, -0.15) is 0 Å². The van der Waals surface area contributed by atoms with Gasteiger partial charge in [-0.3, -0.25) is 0 Å². The van der Waals surface area contributed by atoms with E-state index in [-0.39, 0.29) is 5.54 Å². The Labute approximate surface area is 120 Å². The van der Waals surface area contributed by atoms with Crippen LogP contribution in [0.2, 0.25) is 0 Å². The molecular weight excluding hydrogens is 250 g/mol. The van der Waals surface area contributed by atoms with Gasteiger partial charge in [0.2, 0.25) is 11.8 Å². The topological polar surface area (TPSA) is 51.0 Å². The molecule has 4 heteroatoms.